The summed E-state index contributed by atoms with van der Waals surface area (Å²) in [7, 11) is 0. The molecule has 0 atom stereocenters. The molecule has 1 aliphatic heterocycles. The highest BCUT2D eigenvalue weighted by molar-refractivity contribution is 5.36. The summed E-state index contributed by atoms with van der Waals surface area (Å²) in [6, 6.07) is 14.1. The molecule has 1 fully saturated rings. The van der Waals surface area contributed by atoms with Crippen molar-refractivity contribution < 1.29 is 9.50 Å². The smallest absolute Gasteiger partial charge is 0.127 e. The molecule has 98 valence electrons. The van der Waals surface area contributed by atoms with Crippen molar-refractivity contribution in [3.63, 3.8) is 0 Å². The molecule has 3 rings (SSSR count). The average Bonchev–Trinajstić information content (AvgIpc) is 2.37. The first kappa shape index (κ1) is 12.2. The van der Waals surface area contributed by atoms with Crippen molar-refractivity contribution in [1.82, 2.24) is 5.32 Å². The lowest BCUT2D eigenvalue weighted by atomic mass is 9.71. The van der Waals surface area contributed by atoms with E-state index >= 15 is 0 Å². The highest BCUT2D eigenvalue weighted by atomic mass is 19.1. The largest absolute Gasteiger partial charge is 0.508 e. The van der Waals surface area contributed by atoms with Crippen LogP contribution >= 0.6 is 0 Å². The number of halogens is 1. The summed E-state index contributed by atoms with van der Waals surface area (Å²) in [5.74, 6) is 0.123. The van der Waals surface area contributed by atoms with Gasteiger partial charge < -0.3 is 10.4 Å². The van der Waals surface area contributed by atoms with Crippen molar-refractivity contribution in [1.29, 1.82) is 0 Å². The van der Waals surface area contributed by atoms with Crippen LogP contribution in [-0.4, -0.2) is 18.2 Å². The number of hydrogen-bond acceptors (Lipinski definition) is 2. The topological polar surface area (TPSA) is 32.3 Å². The zero-order chi connectivity index (χ0) is 13.3. The van der Waals surface area contributed by atoms with Crippen LogP contribution in [0.2, 0.25) is 0 Å². The van der Waals surface area contributed by atoms with Gasteiger partial charge in [-0.2, -0.15) is 0 Å². The van der Waals surface area contributed by atoms with Crippen molar-refractivity contribution in [2.24, 2.45) is 0 Å². The molecule has 0 aliphatic carbocycles. The van der Waals surface area contributed by atoms with Crippen LogP contribution in [0.5, 0.6) is 5.75 Å². The fourth-order valence-corrected chi connectivity index (χ4v) is 2.73. The summed E-state index contributed by atoms with van der Waals surface area (Å²) >= 11 is 0. The quantitative estimate of drug-likeness (QED) is 0.886. The van der Waals surface area contributed by atoms with Gasteiger partial charge in [0.25, 0.3) is 0 Å². The molecule has 0 aromatic heterocycles. The Morgan fingerprint density at radius 3 is 2.32 bits per heavy atom. The Labute approximate surface area is 111 Å². The SMILES string of the molecule is Oc1ccc(CC2(c3ccccc3F)CNC2)cc1. The molecular formula is C16H16FNO. The molecule has 3 heteroatoms. The van der Waals surface area contributed by atoms with Gasteiger partial charge in [0.1, 0.15) is 11.6 Å². The maximum Gasteiger partial charge on any atom is 0.127 e. The highest BCUT2D eigenvalue weighted by Gasteiger charge is 2.40. The molecule has 2 aromatic carbocycles. The maximum atomic E-state index is 14.0. The van der Waals surface area contributed by atoms with Gasteiger partial charge >= 0.3 is 0 Å². The van der Waals surface area contributed by atoms with E-state index in [1.807, 2.05) is 24.3 Å². The maximum absolute atomic E-state index is 14.0. The Balaban J connectivity index is 1.92. The van der Waals surface area contributed by atoms with Gasteiger partial charge in [-0.25, -0.2) is 4.39 Å². The molecule has 19 heavy (non-hydrogen) atoms. The average molecular weight is 257 g/mol. The van der Waals surface area contributed by atoms with Gasteiger partial charge in [-0.05, 0) is 35.7 Å². The van der Waals surface area contributed by atoms with Gasteiger partial charge in [-0.3, -0.25) is 0 Å². The molecule has 2 N–H and O–H groups in total. The number of hydrogen-bond donors (Lipinski definition) is 2. The Morgan fingerprint density at radius 1 is 1.05 bits per heavy atom. The predicted octanol–water partition coefficient (Wildman–Crippen LogP) is 2.62. The lowest BCUT2D eigenvalue weighted by Crippen LogP contribution is -2.58. The third kappa shape index (κ3) is 2.22. The molecule has 2 aromatic rings. The van der Waals surface area contributed by atoms with Crippen LogP contribution in [0.4, 0.5) is 4.39 Å². The van der Waals surface area contributed by atoms with Crippen molar-refractivity contribution in [2.75, 3.05) is 13.1 Å². The summed E-state index contributed by atoms with van der Waals surface area (Å²) < 4.78 is 14.0. The standard InChI is InChI=1S/C16H16FNO/c17-15-4-2-1-3-14(15)16(10-18-11-16)9-12-5-7-13(19)8-6-12/h1-8,18-19H,9-11H2. The number of aromatic hydroxyl groups is 1. The van der Waals surface area contributed by atoms with E-state index in [0.29, 0.717) is 0 Å². The van der Waals surface area contributed by atoms with E-state index in [-0.39, 0.29) is 17.0 Å². The minimum Gasteiger partial charge on any atom is -0.508 e. The number of phenols is 1. The van der Waals surface area contributed by atoms with E-state index in [1.54, 1.807) is 18.2 Å². The van der Waals surface area contributed by atoms with Crippen LogP contribution in [0.25, 0.3) is 0 Å². The zero-order valence-corrected chi connectivity index (χ0v) is 10.6. The van der Waals surface area contributed by atoms with E-state index in [4.69, 9.17) is 0 Å². The van der Waals surface area contributed by atoms with Crippen LogP contribution in [0.1, 0.15) is 11.1 Å². The Kier molecular flexibility index (Phi) is 2.99. The second kappa shape index (κ2) is 4.67. The van der Waals surface area contributed by atoms with E-state index in [2.05, 4.69) is 5.32 Å². The van der Waals surface area contributed by atoms with Crippen molar-refractivity contribution in [3.8, 4) is 5.75 Å². The number of rotatable bonds is 3. The number of benzene rings is 2. The number of phenolic OH excluding ortho intramolecular Hbond substituents is 1. The minimum atomic E-state index is -0.164. The van der Waals surface area contributed by atoms with E-state index in [1.165, 1.54) is 6.07 Å². The van der Waals surface area contributed by atoms with Crippen LogP contribution in [-0.2, 0) is 11.8 Å². The van der Waals surface area contributed by atoms with Crippen molar-refractivity contribution in [3.05, 3.63) is 65.5 Å². The Bertz CT molecular complexity index is 576. The Hall–Kier alpha value is -1.87. The molecule has 1 aliphatic rings. The molecule has 0 saturated carbocycles. The minimum absolute atomic E-state index is 0.136. The molecule has 0 unspecified atom stereocenters. The van der Waals surface area contributed by atoms with Crippen LogP contribution in [0, 0.1) is 5.82 Å². The summed E-state index contributed by atoms with van der Waals surface area (Å²) in [5.41, 5.74) is 1.73. The first-order valence-electron chi connectivity index (χ1n) is 6.43. The monoisotopic (exact) mass is 257 g/mol. The van der Waals surface area contributed by atoms with Gasteiger partial charge in [0.05, 0.1) is 0 Å². The zero-order valence-electron chi connectivity index (χ0n) is 10.6. The van der Waals surface area contributed by atoms with Crippen molar-refractivity contribution >= 4 is 0 Å². The molecule has 0 bridgehead atoms. The van der Waals surface area contributed by atoms with E-state index < -0.39 is 0 Å². The fourth-order valence-electron chi connectivity index (χ4n) is 2.73. The van der Waals surface area contributed by atoms with Gasteiger partial charge in [-0.1, -0.05) is 30.3 Å². The predicted molar refractivity (Wildman–Crippen MR) is 72.8 cm³/mol. The summed E-state index contributed by atoms with van der Waals surface area (Å²) in [4.78, 5) is 0. The molecule has 1 heterocycles. The first-order chi connectivity index (χ1) is 9.20. The van der Waals surface area contributed by atoms with Crippen LogP contribution in [0.3, 0.4) is 0 Å². The third-order valence-corrected chi connectivity index (χ3v) is 3.85. The lowest BCUT2D eigenvalue weighted by Gasteiger charge is -2.43. The van der Waals surface area contributed by atoms with Gasteiger partial charge in [0, 0.05) is 18.5 Å². The van der Waals surface area contributed by atoms with Crippen LogP contribution < -0.4 is 5.32 Å². The van der Waals surface area contributed by atoms with Gasteiger partial charge in [0.15, 0.2) is 0 Å². The second-order valence-electron chi connectivity index (χ2n) is 5.21. The molecule has 1 saturated heterocycles. The fraction of sp³-hybridized carbons (Fsp3) is 0.250. The summed E-state index contributed by atoms with van der Waals surface area (Å²) in [5, 5.41) is 12.6. The van der Waals surface area contributed by atoms with E-state index in [0.717, 1.165) is 30.6 Å². The van der Waals surface area contributed by atoms with Crippen molar-refractivity contribution in [2.45, 2.75) is 11.8 Å². The van der Waals surface area contributed by atoms with Gasteiger partial charge in [-0.15, -0.1) is 0 Å². The Morgan fingerprint density at radius 2 is 1.74 bits per heavy atom. The normalized spacial score (nSPS) is 16.9. The summed E-state index contributed by atoms with van der Waals surface area (Å²) in [6.45, 7) is 1.57. The molecule has 0 spiro atoms. The van der Waals surface area contributed by atoms with Gasteiger partial charge in [0.2, 0.25) is 0 Å². The molecule has 0 amide bonds. The first-order valence-corrected chi connectivity index (χ1v) is 6.43. The third-order valence-electron chi connectivity index (χ3n) is 3.85. The van der Waals surface area contributed by atoms with Crippen LogP contribution in [0.15, 0.2) is 48.5 Å². The summed E-state index contributed by atoms with van der Waals surface area (Å²) in [6.07, 6.45) is 0.779. The van der Waals surface area contributed by atoms with E-state index in [9.17, 15) is 9.50 Å². The number of nitrogens with one attached hydrogen (secondary N) is 1. The second-order valence-corrected chi connectivity index (χ2v) is 5.21. The molecule has 0 radical (unpaired) electrons. The molecular weight excluding hydrogens is 241 g/mol. The molecule has 2 nitrogen and oxygen atoms in total. The highest BCUT2D eigenvalue weighted by Crippen LogP contribution is 2.34. The lowest BCUT2D eigenvalue weighted by molar-refractivity contribution is 0.266.